The number of rotatable bonds is 5. The third-order valence-electron chi connectivity index (χ3n) is 1.49. The molecule has 0 aliphatic heterocycles. The molecule has 0 fully saturated rings. The van der Waals surface area contributed by atoms with Crippen molar-refractivity contribution in [3.8, 4) is 11.8 Å². The third-order valence-corrected chi connectivity index (χ3v) is 1.49. The van der Waals surface area contributed by atoms with E-state index in [0.717, 1.165) is 25.7 Å². The van der Waals surface area contributed by atoms with Gasteiger partial charge in [0, 0.05) is 13.0 Å². The molecule has 0 saturated carbocycles. The zero-order valence-corrected chi connectivity index (χ0v) is 7.52. The average molecular weight is 188 g/mol. The molecule has 0 bridgehead atoms. The Labute approximate surface area is 77.5 Å². The minimum absolute atomic E-state index is 0.224. The van der Waals surface area contributed by atoms with Crippen LogP contribution in [0.4, 0.5) is 8.78 Å². The first-order chi connectivity index (χ1) is 6.27. The van der Waals surface area contributed by atoms with Gasteiger partial charge in [-0.1, -0.05) is 24.7 Å². The van der Waals surface area contributed by atoms with Crippen LogP contribution in [-0.2, 0) is 0 Å². The van der Waals surface area contributed by atoms with Crippen LogP contribution in [0.2, 0.25) is 0 Å². The number of hydrogen-bond acceptors (Lipinski definition) is 1. The summed E-state index contributed by atoms with van der Waals surface area (Å²) in [7, 11) is 0. The van der Waals surface area contributed by atoms with Crippen LogP contribution in [0, 0.1) is 11.8 Å². The Kier molecular flexibility index (Phi) is 8.59. The molecule has 0 radical (unpaired) electrons. The van der Waals surface area contributed by atoms with Crippen molar-refractivity contribution in [2.45, 2.75) is 32.1 Å². The number of hydrogen-bond donors (Lipinski definition) is 1. The van der Waals surface area contributed by atoms with Crippen LogP contribution >= 0.6 is 0 Å². The molecule has 0 aliphatic carbocycles. The molecule has 3 heteroatoms. The fraction of sp³-hybridized carbons (Fsp3) is 0.600. The second kappa shape index (κ2) is 9.21. The van der Waals surface area contributed by atoms with Crippen LogP contribution < -0.4 is 0 Å². The Morgan fingerprint density at radius 3 is 2.46 bits per heavy atom. The summed E-state index contributed by atoms with van der Waals surface area (Å²) in [5, 5.41) is 8.45. The topological polar surface area (TPSA) is 20.2 Å². The van der Waals surface area contributed by atoms with E-state index >= 15 is 0 Å². The van der Waals surface area contributed by atoms with E-state index in [2.05, 4.69) is 11.8 Å². The standard InChI is InChI=1S/C10H14F2O/c11-10(12)8-6-4-2-1-3-5-7-9-13/h8,13H,1-3,5,7,9H2. The first-order valence-electron chi connectivity index (χ1n) is 4.38. The second-order valence-corrected chi connectivity index (χ2v) is 2.64. The van der Waals surface area contributed by atoms with Crippen LogP contribution in [0.25, 0.3) is 0 Å². The Morgan fingerprint density at radius 2 is 1.85 bits per heavy atom. The van der Waals surface area contributed by atoms with Crippen LogP contribution in [-0.4, -0.2) is 11.7 Å². The van der Waals surface area contributed by atoms with Gasteiger partial charge in [-0.15, -0.1) is 0 Å². The van der Waals surface area contributed by atoms with E-state index < -0.39 is 6.08 Å². The highest BCUT2D eigenvalue weighted by atomic mass is 19.3. The second-order valence-electron chi connectivity index (χ2n) is 2.64. The molecule has 1 N–H and O–H groups in total. The van der Waals surface area contributed by atoms with Crippen molar-refractivity contribution in [3.63, 3.8) is 0 Å². The van der Waals surface area contributed by atoms with Gasteiger partial charge in [-0.2, -0.15) is 8.78 Å². The summed E-state index contributed by atoms with van der Waals surface area (Å²) >= 11 is 0. The van der Waals surface area contributed by atoms with Crippen molar-refractivity contribution >= 4 is 0 Å². The van der Waals surface area contributed by atoms with Gasteiger partial charge in [0.05, 0.1) is 6.08 Å². The number of unbranched alkanes of at least 4 members (excludes halogenated alkanes) is 4. The zero-order valence-electron chi connectivity index (χ0n) is 7.52. The van der Waals surface area contributed by atoms with E-state index in [9.17, 15) is 8.78 Å². The van der Waals surface area contributed by atoms with Crippen molar-refractivity contribution in [1.29, 1.82) is 0 Å². The molecule has 1 nitrogen and oxygen atoms in total. The Morgan fingerprint density at radius 1 is 1.15 bits per heavy atom. The molecule has 0 saturated heterocycles. The van der Waals surface area contributed by atoms with Gasteiger partial charge in [0.25, 0.3) is 6.08 Å². The van der Waals surface area contributed by atoms with Crippen LogP contribution in [0.15, 0.2) is 12.2 Å². The molecule has 0 amide bonds. The van der Waals surface area contributed by atoms with Crippen molar-refractivity contribution in [3.05, 3.63) is 12.2 Å². The molecule has 0 atom stereocenters. The molecule has 0 aliphatic rings. The number of halogens is 2. The van der Waals surface area contributed by atoms with E-state index in [-0.39, 0.29) is 6.61 Å². The molecular weight excluding hydrogens is 174 g/mol. The first-order valence-corrected chi connectivity index (χ1v) is 4.38. The van der Waals surface area contributed by atoms with Gasteiger partial charge in [0.2, 0.25) is 0 Å². The van der Waals surface area contributed by atoms with Crippen molar-refractivity contribution < 1.29 is 13.9 Å². The lowest BCUT2D eigenvalue weighted by atomic mass is 10.1. The maximum atomic E-state index is 11.4. The van der Waals surface area contributed by atoms with Gasteiger partial charge >= 0.3 is 0 Å². The lowest BCUT2D eigenvalue weighted by Crippen LogP contribution is -1.82. The highest BCUT2D eigenvalue weighted by Gasteiger charge is 1.86. The van der Waals surface area contributed by atoms with E-state index in [4.69, 9.17) is 5.11 Å². The fourth-order valence-electron chi connectivity index (χ4n) is 0.856. The molecule has 74 valence electrons. The van der Waals surface area contributed by atoms with Crippen molar-refractivity contribution in [2.75, 3.05) is 6.61 Å². The summed E-state index contributed by atoms with van der Waals surface area (Å²) in [4.78, 5) is 0. The summed E-state index contributed by atoms with van der Waals surface area (Å²) in [5.74, 6) is 4.89. The maximum absolute atomic E-state index is 11.4. The molecule has 0 aromatic rings. The van der Waals surface area contributed by atoms with Crippen molar-refractivity contribution in [1.82, 2.24) is 0 Å². The van der Waals surface area contributed by atoms with Gasteiger partial charge in [0.15, 0.2) is 0 Å². The Balaban J connectivity index is 3.23. The average Bonchev–Trinajstić information content (AvgIpc) is 2.09. The van der Waals surface area contributed by atoms with Gasteiger partial charge in [-0.3, -0.25) is 0 Å². The maximum Gasteiger partial charge on any atom is 0.278 e. The summed E-state index contributed by atoms with van der Waals surface area (Å²) in [6.07, 6.45) is 3.22. The normalized spacial score (nSPS) is 8.85. The predicted molar refractivity (Wildman–Crippen MR) is 48.2 cm³/mol. The summed E-state index contributed by atoms with van der Waals surface area (Å²) in [6.45, 7) is 0.224. The van der Waals surface area contributed by atoms with Gasteiger partial charge in [0.1, 0.15) is 0 Å². The summed E-state index contributed by atoms with van der Waals surface area (Å²) in [5.41, 5.74) is 0. The van der Waals surface area contributed by atoms with E-state index in [1.165, 1.54) is 0 Å². The molecule has 0 aromatic heterocycles. The van der Waals surface area contributed by atoms with E-state index in [0.29, 0.717) is 12.5 Å². The number of aliphatic hydroxyl groups excluding tert-OH is 1. The smallest absolute Gasteiger partial charge is 0.278 e. The van der Waals surface area contributed by atoms with Crippen LogP contribution in [0.3, 0.4) is 0 Å². The number of aliphatic hydroxyl groups is 1. The minimum atomic E-state index is -1.74. The highest BCUT2D eigenvalue weighted by molar-refractivity contribution is 5.15. The number of allylic oxidation sites excluding steroid dienone is 1. The van der Waals surface area contributed by atoms with Crippen LogP contribution in [0.1, 0.15) is 32.1 Å². The Bertz CT molecular complexity index is 197. The molecule has 0 spiro atoms. The monoisotopic (exact) mass is 188 g/mol. The predicted octanol–water partition coefficient (Wildman–Crippen LogP) is 2.71. The molecule has 0 rings (SSSR count). The molecule has 13 heavy (non-hydrogen) atoms. The summed E-state index contributed by atoms with van der Waals surface area (Å²) < 4.78 is 22.9. The molecule has 0 heterocycles. The Hall–Kier alpha value is -0.880. The molecular formula is C10H14F2O. The van der Waals surface area contributed by atoms with Crippen LogP contribution in [0.5, 0.6) is 0 Å². The first kappa shape index (κ1) is 12.1. The third kappa shape index (κ3) is 11.1. The van der Waals surface area contributed by atoms with E-state index in [1.54, 1.807) is 0 Å². The minimum Gasteiger partial charge on any atom is -0.396 e. The SMILES string of the molecule is OCCCCCCC#CC=C(F)F. The van der Waals surface area contributed by atoms with E-state index in [1.807, 2.05) is 0 Å². The molecule has 0 aromatic carbocycles. The lowest BCUT2D eigenvalue weighted by Gasteiger charge is -1.93. The lowest BCUT2D eigenvalue weighted by molar-refractivity contribution is 0.282. The molecule has 0 unspecified atom stereocenters. The summed E-state index contributed by atoms with van der Waals surface area (Å²) in [6, 6.07) is 0. The van der Waals surface area contributed by atoms with Gasteiger partial charge in [-0.25, -0.2) is 0 Å². The van der Waals surface area contributed by atoms with Gasteiger partial charge < -0.3 is 5.11 Å². The fourth-order valence-corrected chi connectivity index (χ4v) is 0.856. The zero-order chi connectivity index (χ0) is 9.94. The highest BCUT2D eigenvalue weighted by Crippen LogP contribution is 2.01. The quantitative estimate of drug-likeness (QED) is 0.519. The largest absolute Gasteiger partial charge is 0.396 e. The van der Waals surface area contributed by atoms with Crippen molar-refractivity contribution in [2.24, 2.45) is 0 Å². The van der Waals surface area contributed by atoms with Gasteiger partial charge in [-0.05, 0) is 12.8 Å².